The molecule has 0 atom stereocenters. The Labute approximate surface area is 259 Å². The summed E-state index contributed by atoms with van der Waals surface area (Å²) in [7, 11) is 0. The van der Waals surface area contributed by atoms with Gasteiger partial charge in [-0.3, -0.25) is 0 Å². The van der Waals surface area contributed by atoms with E-state index in [4.69, 9.17) is 0 Å². The highest BCUT2D eigenvalue weighted by molar-refractivity contribution is 6.09. The summed E-state index contributed by atoms with van der Waals surface area (Å²) < 4.78 is 2.37. The second-order valence-electron chi connectivity index (χ2n) is 11.7. The number of allylic oxidation sites excluding steroid dienone is 8. The standard InChI is InChI=1S/C42H34N2/c1-2-10-30(11-3-1)31-18-24-34(25-19-31)43-35-26-20-32(21-27-35)37-12-4-5-13-38(37)33-22-28-36(29-23-33)44-41-16-8-6-14-39(41)40-15-7-9-17-42(40)44/h1-2,4-10,12-18,20-24,26-29,43H,3,11,19,25H2. The first kappa shape index (κ1) is 26.3. The summed E-state index contributed by atoms with van der Waals surface area (Å²) in [4.78, 5) is 0. The molecule has 5 aromatic carbocycles. The van der Waals surface area contributed by atoms with Crippen LogP contribution in [0, 0.1) is 0 Å². The van der Waals surface area contributed by atoms with Gasteiger partial charge in [0.2, 0.25) is 0 Å². The minimum Gasteiger partial charge on any atom is -0.359 e. The van der Waals surface area contributed by atoms with E-state index in [1.807, 2.05) is 0 Å². The van der Waals surface area contributed by atoms with Crippen molar-refractivity contribution in [3.63, 3.8) is 0 Å². The zero-order chi connectivity index (χ0) is 29.3. The SMILES string of the molecule is C1=CCCC(C2=CC=C(Nc3ccc(-c4ccccc4-c4ccc(-n5c6ccccc6c6ccccc65)cc4)cc3)CC2)=C1. The maximum absolute atomic E-state index is 3.65. The molecule has 6 aromatic rings. The van der Waals surface area contributed by atoms with E-state index < -0.39 is 0 Å². The normalized spacial score (nSPS) is 14.8. The van der Waals surface area contributed by atoms with Crippen molar-refractivity contribution < 1.29 is 0 Å². The van der Waals surface area contributed by atoms with Gasteiger partial charge in [-0.15, -0.1) is 0 Å². The monoisotopic (exact) mass is 566 g/mol. The van der Waals surface area contributed by atoms with Crippen LogP contribution in [-0.4, -0.2) is 4.57 Å². The first-order valence-electron chi connectivity index (χ1n) is 15.6. The van der Waals surface area contributed by atoms with Gasteiger partial charge in [0.1, 0.15) is 0 Å². The first-order chi connectivity index (χ1) is 21.8. The smallest absolute Gasteiger partial charge is 0.0541 e. The van der Waals surface area contributed by atoms with Crippen molar-refractivity contribution in [3.05, 3.63) is 169 Å². The largest absolute Gasteiger partial charge is 0.359 e. The molecule has 0 bridgehead atoms. The summed E-state index contributed by atoms with van der Waals surface area (Å²) in [5.41, 5.74) is 13.9. The molecule has 0 aliphatic heterocycles. The number of benzene rings is 5. The summed E-state index contributed by atoms with van der Waals surface area (Å²) in [6, 6.07) is 43.9. The lowest BCUT2D eigenvalue weighted by Gasteiger charge is -2.19. The molecule has 0 saturated carbocycles. The molecule has 8 rings (SSSR count). The Balaban J connectivity index is 1.05. The van der Waals surface area contributed by atoms with E-state index >= 15 is 0 Å². The van der Waals surface area contributed by atoms with Crippen molar-refractivity contribution in [2.75, 3.05) is 5.32 Å². The summed E-state index contributed by atoms with van der Waals surface area (Å²) in [6.07, 6.45) is 15.7. The van der Waals surface area contributed by atoms with Crippen LogP contribution < -0.4 is 5.32 Å². The quantitative estimate of drug-likeness (QED) is 0.212. The van der Waals surface area contributed by atoms with Crippen molar-refractivity contribution >= 4 is 27.5 Å². The molecule has 0 spiro atoms. The number of hydrogen-bond acceptors (Lipinski definition) is 1. The third-order valence-electron chi connectivity index (χ3n) is 9.02. The fourth-order valence-electron chi connectivity index (χ4n) is 6.77. The second-order valence-corrected chi connectivity index (χ2v) is 11.7. The molecule has 44 heavy (non-hydrogen) atoms. The molecule has 0 unspecified atom stereocenters. The van der Waals surface area contributed by atoms with E-state index in [2.05, 4.69) is 162 Å². The van der Waals surface area contributed by atoms with E-state index in [1.165, 1.54) is 66.6 Å². The van der Waals surface area contributed by atoms with Gasteiger partial charge in [-0.05, 0) is 102 Å². The topological polar surface area (TPSA) is 17.0 Å². The number of hydrogen-bond donors (Lipinski definition) is 1. The lowest BCUT2D eigenvalue weighted by molar-refractivity contribution is 0.872. The number of anilines is 1. The minimum absolute atomic E-state index is 1.04. The van der Waals surface area contributed by atoms with Crippen LogP contribution in [0.3, 0.4) is 0 Å². The van der Waals surface area contributed by atoms with Gasteiger partial charge in [-0.1, -0.05) is 109 Å². The van der Waals surface area contributed by atoms with Crippen molar-refractivity contribution in [2.24, 2.45) is 0 Å². The summed E-state index contributed by atoms with van der Waals surface area (Å²) in [5.74, 6) is 0. The molecule has 0 radical (unpaired) electrons. The van der Waals surface area contributed by atoms with E-state index in [0.717, 1.165) is 31.4 Å². The number of para-hydroxylation sites is 2. The molecule has 2 heteroatoms. The van der Waals surface area contributed by atoms with Gasteiger partial charge in [0.15, 0.2) is 0 Å². The predicted molar refractivity (Wildman–Crippen MR) is 187 cm³/mol. The molecule has 0 fully saturated rings. The van der Waals surface area contributed by atoms with Crippen molar-refractivity contribution in [1.82, 2.24) is 4.57 Å². The van der Waals surface area contributed by atoms with Crippen molar-refractivity contribution in [1.29, 1.82) is 0 Å². The first-order valence-corrected chi connectivity index (χ1v) is 15.6. The Morgan fingerprint density at radius 1 is 0.500 bits per heavy atom. The van der Waals surface area contributed by atoms with Gasteiger partial charge in [0.25, 0.3) is 0 Å². The van der Waals surface area contributed by atoms with E-state index in [0.29, 0.717) is 0 Å². The summed E-state index contributed by atoms with van der Waals surface area (Å²) in [6.45, 7) is 0. The average Bonchev–Trinajstić information content (AvgIpc) is 3.44. The van der Waals surface area contributed by atoms with E-state index in [-0.39, 0.29) is 0 Å². The molecule has 212 valence electrons. The van der Waals surface area contributed by atoms with Crippen LogP contribution in [0.4, 0.5) is 5.69 Å². The maximum Gasteiger partial charge on any atom is 0.0541 e. The third kappa shape index (κ3) is 4.89. The van der Waals surface area contributed by atoms with Gasteiger partial charge >= 0.3 is 0 Å². The van der Waals surface area contributed by atoms with Gasteiger partial charge in [-0.2, -0.15) is 0 Å². The van der Waals surface area contributed by atoms with Crippen LogP contribution >= 0.6 is 0 Å². The molecule has 0 saturated heterocycles. The number of aromatic nitrogens is 1. The number of rotatable bonds is 6. The maximum atomic E-state index is 3.65. The van der Waals surface area contributed by atoms with Gasteiger partial charge in [-0.25, -0.2) is 0 Å². The van der Waals surface area contributed by atoms with Crippen LogP contribution in [0.5, 0.6) is 0 Å². The molecule has 2 aliphatic rings. The van der Waals surface area contributed by atoms with Gasteiger partial charge in [0.05, 0.1) is 11.0 Å². The highest BCUT2D eigenvalue weighted by atomic mass is 15.0. The van der Waals surface area contributed by atoms with Crippen molar-refractivity contribution in [3.8, 4) is 27.9 Å². The van der Waals surface area contributed by atoms with Gasteiger partial charge < -0.3 is 9.88 Å². The van der Waals surface area contributed by atoms with E-state index in [9.17, 15) is 0 Å². The predicted octanol–water partition coefficient (Wildman–Crippen LogP) is 11.4. The van der Waals surface area contributed by atoms with Crippen LogP contribution in [0.15, 0.2) is 169 Å². The Morgan fingerprint density at radius 3 is 1.68 bits per heavy atom. The zero-order valence-electron chi connectivity index (χ0n) is 24.7. The average molecular weight is 567 g/mol. The molecule has 1 heterocycles. The Kier molecular flexibility index (Phi) is 6.81. The molecular formula is C42H34N2. The van der Waals surface area contributed by atoms with Crippen LogP contribution in [0.25, 0.3) is 49.7 Å². The number of fused-ring (bicyclic) bond motifs is 3. The highest BCUT2D eigenvalue weighted by Gasteiger charge is 2.14. The number of nitrogens with zero attached hydrogens (tertiary/aromatic N) is 1. The Hall–Kier alpha value is -5.34. The lowest BCUT2D eigenvalue weighted by atomic mass is 9.90. The molecule has 2 aliphatic carbocycles. The molecule has 1 N–H and O–H groups in total. The fraction of sp³-hybridized carbons (Fsp3) is 0.0952. The number of nitrogens with one attached hydrogen (secondary N) is 1. The van der Waals surface area contributed by atoms with Crippen molar-refractivity contribution in [2.45, 2.75) is 25.7 Å². The van der Waals surface area contributed by atoms with Crippen LogP contribution in [0.1, 0.15) is 25.7 Å². The Morgan fingerprint density at radius 2 is 1.09 bits per heavy atom. The zero-order valence-corrected chi connectivity index (χ0v) is 24.7. The Bertz CT molecular complexity index is 2060. The van der Waals surface area contributed by atoms with Crippen LogP contribution in [-0.2, 0) is 0 Å². The highest BCUT2D eigenvalue weighted by Crippen LogP contribution is 2.36. The van der Waals surface area contributed by atoms with Gasteiger partial charge in [0, 0.05) is 27.8 Å². The van der Waals surface area contributed by atoms with E-state index in [1.54, 1.807) is 0 Å². The summed E-state index contributed by atoms with van der Waals surface area (Å²) in [5, 5.41) is 6.22. The van der Waals surface area contributed by atoms with Crippen LogP contribution in [0.2, 0.25) is 0 Å². The molecule has 2 nitrogen and oxygen atoms in total. The fourth-order valence-corrected chi connectivity index (χ4v) is 6.77. The molecule has 1 aromatic heterocycles. The summed E-state index contributed by atoms with van der Waals surface area (Å²) >= 11 is 0. The lowest BCUT2D eigenvalue weighted by Crippen LogP contribution is -2.05. The molecular weight excluding hydrogens is 532 g/mol. The minimum atomic E-state index is 1.04. The second kappa shape index (κ2) is 11.4. The molecule has 0 amide bonds. The third-order valence-corrected chi connectivity index (χ3v) is 9.02.